The fourth-order valence-electron chi connectivity index (χ4n) is 2.00. The highest BCUT2D eigenvalue weighted by Gasteiger charge is 2.17. The molecule has 0 amide bonds. The summed E-state index contributed by atoms with van der Waals surface area (Å²) in [5.41, 5.74) is 9.80. The van der Waals surface area contributed by atoms with Crippen molar-refractivity contribution in [1.82, 2.24) is 0 Å². The van der Waals surface area contributed by atoms with Crippen molar-refractivity contribution < 1.29 is 9.47 Å². The molecule has 1 aromatic carbocycles. The maximum absolute atomic E-state index is 7.11. The maximum Gasteiger partial charge on any atom is 0.144 e. The van der Waals surface area contributed by atoms with Crippen molar-refractivity contribution >= 4 is 11.4 Å². The summed E-state index contributed by atoms with van der Waals surface area (Å²) in [5.74, 6) is 0.767. The fraction of sp³-hybridized carbons (Fsp3) is 0.500. The Morgan fingerprint density at radius 3 is 2.65 bits per heavy atom. The van der Waals surface area contributed by atoms with Gasteiger partial charge in [0.15, 0.2) is 0 Å². The lowest BCUT2D eigenvalue weighted by atomic mass is 10.1. The second kappa shape index (κ2) is 5.14. The Kier molecular flexibility index (Phi) is 3.58. The zero-order valence-corrected chi connectivity index (χ0v) is 10.2. The first kappa shape index (κ1) is 11.9. The van der Waals surface area contributed by atoms with E-state index in [2.05, 4.69) is 10.0 Å². The highest BCUT2D eigenvalue weighted by atomic mass is 16.5. The van der Waals surface area contributed by atoms with Crippen molar-refractivity contribution in [3.63, 3.8) is 0 Å². The van der Waals surface area contributed by atoms with Crippen molar-refractivity contribution in [2.24, 2.45) is 5.11 Å². The molecule has 17 heavy (non-hydrogen) atoms. The first-order valence-electron chi connectivity index (χ1n) is 5.65. The number of anilines is 1. The molecule has 1 aliphatic rings. The van der Waals surface area contributed by atoms with Crippen LogP contribution in [-0.2, 0) is 4.74 Å². The molecule has 0 bridgehead atoms. The van der Waals surface area contributed by atoms with Gasteiger partial charge in [0.25, 0.3) is 0 Å². The summed E-state index contributed by atoms with van der Waals surface area (Å²) < 4.78 is 10.7. The third-order valence-corrected chi connectivity index (χ3v) is 2.97. The van der Waals surface area contributed by atoms with Crippen LogP contribution in [0.15, 0.2) is 17.2 Å². The number of benzene rings is 1. The Morgan fingerprint density at radius 1 is 1.35 bits per heavy atom. The van der Waals surface area contributed by atoms with E-state index in [1.54, 1.807) is 7.11 Å². The summed E-state index contributed by atoms with van der Waals surface area (Å²) in [6.07, 6.45) is 0. The van der Waals surface area contributed by atoms with Gasteiger partial charge in [0.1, 0.15) is 5.75 Å². The number of methoxy groups -OCH3 is 1. The SMILES string of the molecule is COc1cc(N=N)c(C)cc1N1CCOCC1. The van der Waals surface area contributed by atoms with Crippen LogP contribution in [0.1, 0.15) is 5.56 Å². The third-order valence-electron chi connectivity index (χ3n) is 2.97. The summed E-state index contributed by atoms with van der Waals surface area (Å²) in [4.78, 5) is 2.24. The summed E-state index contributed by atoms with van der Waals surface area (Å²) in [6, 6.07) is 3.84. The molecule has 1 aliphatic heterocycles. The Bertz CT molecular complexity index is 414. The molecular formula is C12H17N3O2. The lowest BCUT2D eigenvalue weighted by molar-refractivity contribution is 0.122. The molecule has 1 aromatic rings. The van der Waals surface area contributed by atoms with Crippen LogP contribution in [0.3, 0.4) is 0 Å². The number of hydrogen-bond donors (Lipinski definition) is 1. The van der Waals surface area contributed by atoms with Crippen LogP contribution in [0.4, 0.5) is 11.4 Å². The van der Waals surface area contributed by atoms with Crippen molar-refractivity contribution in [3.05, 3.63) is 17.7 Å². The number of hydrogen-bond acceptors (Lipinski definition) is 5. The van der Waals surface area contributed by atoms with E-state index in [1.165, 1.54) is 0 Å². The van der Waals surface area contributed by atoms with Gasteiger partial charge in [0, 0.05) is 19.2 Å². The summed E-state index contributed by atoms with van der Waals surface area (Å²) in [5, 5.41) is 3.49. The fourth-order valence-corrected chi connectivity index (χ4v) is 2.00. The van der Waals surface area contributed by atoms with Crippen LogP contribution in [0.5, 0.6) is 5.75 Å². The highest BCUT2D eigenvalue weighted by Crippen LogP contribution is 2.35. The lowest BCUT2D eigenvalue weighted by Crippen LogP contribution is -2.36. The standard InChI is InChI=1S/C12H17N3O2/c1-9-7-11(15-3-5-17-6-4-15)12(16-2)8-10(9)14-13/h7-8,13H,3-6H2,1-2H3. The van der Waals surface area contributed by atoms with Crippen LogP contribution >= 0.6 is 0 Å². The summed E-state index contributed by atoms with van der Waals surface area (Å²) in [7, 11) is 1.64. The number of ether oxygens (including phenoxy) is 2. The predicted octanol–water partition coefficient (Wildman–Crippen LogP) is 2.50. The van der Waals surface area contributed by atoms with E-state index in [9.17, 15) is 0 Å². The van der Waals surface area contributed by atoms with Crippen LogP contribution in [0.2, 0.25) is 0 Å². The van der Waals surface area contributed by atoms with E-state index in [0.29, 0.717) is 5.69 Å². The van der Waals surface area contributed by atoms with Crippen molar-refractivity contribution in [3.8, 4) is 5.75 Å². The van der Waals surface area contributed by atoms with Crippen LogP contribution in [0.25, 0.3) is 0 Å². The van der Waals surface area contributed by atoms with Gasteiger partial charge in [-0.1, -0.05) is 0 Å². The monoisotopic (exact) mass is 235 g/mol. The van der Waals surface area contributed by atoms with Crippen LogP contribution in [0, 0.1) is 12.5 Å². The largest absolute Gasteiger partial charge is 0.495 e. The van der Waals surface area contributed by atoms with Crippen molar-refractivity contribution in [1.29, 1.82) is 5.53 Å². The first-order chi connectivity index (χ1) is 8.26. The Labute approximate surface area is 101 Å². The van der Waals surface area contributed by atoms with Gasteiger partial charge in [-0.05, 0) is 18.6 Å². The molecule has 0 unspecified atom stereocenters. The van der Waals surface area contributed by atoms with Gasteiger partial charge in [-0.2, -0.15) is 5.11 Å². The molecule has 1 N–H and O–H groups in total. The van der Waals surface area contributed by atoms with Gasteiger partial charge in [0.05, 0.1) is 31.7 Å². The van der Waals surface area contributed by atoms with E-state index in [0.717, 1.165) is 43.3 Å². The van der Waals surface area contributed by atoms with Gasteiger partial charge >= 0.3 is 0 Å². The van der Waals surface area contributed by atoms with Gasteiger partial charge in [0.2, 0.25) is 0 Å². The topological polar surface area (TPSA) is 57.9 Å². The van der Waals surface area contributed by atoms with Gasteiger partial charge in [-0.25, -0.2) is 5.53 Å². The molecule has 92 valence electrons. The zero-order valence-electron chi connectivity index (χ0n) is 10.2. The minimum atomic E-state index is 0.652. The average Bonchev–Trinajstić information content (AvgIpc) is 2.39. The molecule has 0 radical (unpaired) electrons. The van der Waals surface area contributed by atoms with E-state index in [-0.39, 0.29) is 0 Å². The molecule has 0 aromatic heterocycles. The smallest absolute Gasteiger partial charge is 0.144 e. The first-order valence-corrected chi connectivity index (χ1v) is 5.65. The molecule has 0 aliphatic carbocycles. The van der Waals surface area contributed by atoms with E-state index in [4.69, 9.17) is 15.0 Å². The van der Waals surface area contributed by atoms with Gasteiger partial charge in [-0.15, -0.1) is 0 Å². The van der Waals surface area contributed by atoms with Crippen LogP contribution in [-0.4, -0.2) is 33.4 Å². The summed E-state index contributed by atoms with van der Waals surface area (Å²) in [6.45, 7) is 5.18. The summed E-state index contributed by atoms with van der Waals surface area (Å²) >= 11 is 0. The molecule has 5 heteroatoms. The molecule has 1 saturated heterocycles. The van der Waals surface area contributed by atoms with Crippen molar-refractivity contribution in [2.75, 3.05) is 38.3 Å². The zero-order chi connectivity index (χ0) is 12.3. The maximum atomic E-state index is 7.11. The van der Waals surface area contributed by atoms with E-state index in [1.807, 2.05) is 19.1 Å². The predicted molar refractivity (Wildman–Crippen MR) is 65.6 cm³/mol. The second-order valence-corrected chi connectivity index (χ2v) is 4.02. The Hall–Kier alpha value is -1.62. The minimum Gasteiger partial charge on any atom is -0.495 e. The molecule has 0 saturated carbocycles. The quantitative estimate of drug-likeness (QED) is 0.819. The highest BCUT2D eigenvalue weighted by molar-refractivity contribution is 5.67. The molecule has 2 rings (SSSR count). The molecule has 0 spiro atoms. The van der Waals surface area contributed by atoms with Crippen LogP contribution < -0.4 is 9.64 Å². The minimum absolute atomic E-state index is 0.652. The molecule has 1 fully saturated rings. The Balaban J connectivity index is 2.37. The molecular weight excluding hydrogens is 218 g/mol. The molecule has 1 heterocycles. The lowest BCUT2D eigenvalue weighted by Gasteiger charge is -2.30. The van der Waals surface area contributed by atoms with Crippen molar-refractivity contribution in [2.45, 2.75) is 6.92 Å². The number of rotatable bonds is 3. The molecule has 5 nitrogen and oxygen atoms in total. The normalized spacial score (nSPS) is 15.8. The number of nitrogens with one attached hydrogen (secondary N) is 1. The third kappa shape index (κ3) is 2.39. The average molecular weight is 235 g/mol. The molecule has 0 atom stereocenters. The Morgan fingerprint density at radius 2 is 2.06 bits per heavy atom. The number of morpholine rings is 1. The number of nitrogens with zero attached hydrogens (tertiary/aromatic N) is 2. The second-order valence-electron chi connectivity index (χ2n) is 4.02. The van der Waals surface area contributed by atoms with E-state index >= 15 is 0 Å². The van der Waals surface area contributed by atoms with E-state index < -0.39 is 0 Å². The van der Waals surface area contributed by atoms with Gasteiger partial charge < -0.3 is 14.4 Å². The van der Waals surface area contributed by atoms with Gasteiger partial charge in [-0.3, -0.25) is 0 Å². The number of aryl methyl sites for hydroxylation is 1.